The van der Waals surface area contributed by atoms with Crippen LogP contribution in [0.5, 0.6) is 0 Å². The molecule has 16 heteroatoms. The van der Waals surface area contributed by atoms with Gasteiger partial charge in [0.05, 0.1) is 46.3 Å². The van der Waals surface area contributed by atoms with Crippen LogP contribution < -0.4 is 15.9 Å². The molecule has 1 N–H and O–H groups in total. The molecule has 8 nitrogen and oxygen atoms in total. The molecule has 2 aromatic carbocycles. The number of hydrogen-bond acceptors (Lipinski definition) is 7. The van der Waals surface area contributed by atoms with E-state index in [1.54, 1.807) is 4.90 Å². The Morgan fingerprint density at radius 2 is 1.88 bits per heavy atom. The number of methoxy groups -OCH3 is 1. The molecule has 4 atom stereocenters. The van der Waals surface area contributed by atoms with Gasteiger partial charge in [-0.15, -0.1) is 0 Å². The van der Waals surface area contributed by atoms with Crippen LogP contribution >= 0.6 is 22.5 Å². The first-order chi connectivity index (χ1) is 19.3. The molecule has 4 heterocycles. The number of ether oxygens (including phenoxy) is 1. The van der Waals surface area contributed by atoms with Gasteiger partial charge >= 0.3 is 11.9 Å². The maximum absolute atomic E-state index is 15.2. The minimum absolute atomic E-state index is 0.0164. The number of alkyl halides is 3. The van der Waals surface area contributed by atoms with Crippen molar-refractivity contribution in [2.75, 3.05) is 42.4 Å². The van der Waals surface area contributed by atoms with E-state index in [1.165, 1.54) is 11.7 Å². The van der Waals surface area contributed by atoms with E-state index in [2.05, 4.69) is 10.3 Å². The van der Waals surface area contributed by atoms with Gasteiger partial charge in [-0.25, -0.2) is 22.0 Å². The number of sulfone groups is 1. The van der Waals surface area contributed by atoms with Gasteiger partial charge in [0, 0.05) is 53.2 Å². The summed E-state index contributed by atoms with van der Waals surface area (Å²) in [6, 6.07) is 2.31. The Morgan fingerprint density at radius 3 is 2.59 bits per heavy atom. The smallest absolute Gasteiger partial charge is 0.379 e. The molecule has 0 saturated carbocycles. The molecular formula is C25H24ClF5N4O4S2. The Kier molecular flexibility index (Phi) is 7.04. The van der Waals surface area contributed by atoms with Gasteiger partial charge in [-0.3, -0.25) is 4.57 Å². The van der Waals surface area contributed by atoms with Gasteiger partial charge in [-0.2, -0.15) is 29.1 Å². The highest BCUT2D eigenvalue weighted by Gasteiger charge is 2.45. The van der Waals surface area contributed by atoms with E-state index in [0.29, 0.717) is 12.6 Å². The van der Waals surface area contributed by atoms with Crippen molar-refractivity contribution >= 4 is 49.1 Å². The molecule has 0 aliphatic carbocycles. The van der Waals surface area contributed by atoms with Crippen LogP contribution in [-0.4, -0.2) is 73.6 Å². The average molecular weight is 639 g/mol. The zero-order valence-electron chi connectivity index (χ0n) is 21.4. The Hall–Kier alpha value is -2.46. The first-order valence-electron chi connectivity index (χ1n) is 12.6. The van der Waals surface area contributed by atoms with Gasteiger partial charge in [0.1, 0.15) is 17.5 Å². The third-order valence-electron chi connectivity index (χ3n) is 7.79. The first kappa shape index (κ1) is 28.6. The van der Waals surface area contributed by atoms with Crippen LogP contribution in [0.15, 0.2) is 38.9 Å². The lowest BCUT2D eigenvalue weighted by Gasteiger charge is -2.39. The third kappa shape index (κ3) is 4.98. The van der Waals surface area contributed by atoms with Crippen molar-refractivity contribution in [2.45, 2.75) is 40.7 Å². The maximum Gasteiger partial charge on any atom is 0.416 e. The fraction of sp³-hybridized carbons (Fsp3) is 0.440. The SMILES string of the molecule is CO[C@H]1Cn2c(=O)nc(N3CCN[C@H]4CS(=O)(=O)C[C@H]43)c3cc(C(F)(F)F)cc(c32)[SH](c2cc(Cl)c(F)cc2F)C1. The largest absolute Gasteiger partial charge is 0.416 e. The third-order valence-corrected chi connectivity index (χ3v) is 12.4. The maximum atomic E-state index is 15.2. The number of piperazine rings is 1. The summed E-state index contributed by atoms with van der Waals surface area (Å²) in [4.78, 5) is 19.3. The number of nitrogens with one attached hydrogen (secondary N) is 1. The zero-order valence-corrected chi connectivity index (χ0v) is 23.8. The summed E-state index contributed by atoms with van der Waals surface area (Å²) in [5, 5.41) is 2.73. The molecule has 3 aliphatic rings. The number of aromatic nitrogens is 2. The van der Waals surface area contributed by atoms with Crippen LogP contribution in [0.4, 0.5) is 27.8 Å². The Morgan fingerprint density at radius 1 is 1.12 bits per heavy atom. The van der Waals surface area contributed by atoms with Crippen molar-refractivity contribution in [2.24, 2.45) is 0 Å². The summed E-state index contributed by atoms with van der Waals surface area (Å²) in [7, 11) is -4.06. The lowest BCUT2D eigenvalue weighted by Crippen LogP contribution is -2.58. The molecule has 1 aromatic heterocycles. The Bertz CT molecular complexity index is 1740. The Labute approximate surface area is 238 Å². The second-order valence-electron chi connectivity index (χ2n) is 10.3. The van der Waals surface area contributed by atoms with Crippen molar-refractivity contribution in [1.82, 2.24) is 14.9 Å². The zero-order chi connectivity index (χ0) is 29.4. The highest BCUT2D eigenvalue weighted by atomic mass is 35.5. The van der Waals surface area contributed by atoms with Crippen LogP contribution in [-0.2, 0) is 27.3 Å². The average Bonchev–Trinajstić information content (AvgIpc) is 3.12. The van der Waals surface area contributed by atoms with E-state index < -0.39 is 73.0 Å². The summed E-state index contributed by atoms with van der Waals surface area (Å²) >= 11 is 5.98. The van der Waals surface area contributed by atoms with E-state index in [-0.39, 0.29) is 56.9 Å². The lowest BCUT2D eigenvalue weighted by molar-refractivity contribution is -0.137. The predicted octanol–water partition coefficient (Wildman–Crippen LogP) is 3.37. The molecule has 0 spiro atoms. The fourth-order valence-corrected chi connectivity index (χ4v) is 10.8. The molecule has 3 aromatic rings. The van der Waals surface area contributed by atoms with E-state index in [0.717, 1.165) is 18.2 Å². The molecule has 3 aliphatic heterocycles. The molecule has 2 fully saturated rings. The number of halogens is 6. The van der Waals surface area contributed by atoms with E-state index in [1.807, 2.05) is 0 Å². The van der Waals surface area contributed by atoms with E-state index in [9.17, 15) is 30.8 Å². The summed E-state index contributed by atoms with van der Waals surface area (Å²) in [5.74, 6) is -2.43. The normalized spacial score (nSPS) is 26.7. The predicted molar refractivity (Wildman–Crippen MR) is 145 cm³/mol. The highest BCUT2D eigenvalue weighted by Crippen LogP contribution is 2.53. The standard InChI is InChI=1S/C25H24ClF5N4O4S2/c1-39-13-8-35-22-14(23(33-24(35)36)34-3-2-32-18-10-41(37,38)11-19(18)34)4-12(25(29,30)31)5-21(22)40(9-13)20-6-15(26)16(27)7-17(20)28/h4-7,13,18-19,32,40H,2-3,8-11H2,1H3/t13-,18-,19+/m0/s1. The van der Waals surface area contributed by atoms with Crippen molar-refractivity contribution < 1.29 is 35.1 Å². The van der Waals surface area contributed by atoms with Crippen LogP contribution in [0.1, 0.15) is 5.56 Å². The minimum Gasteiger partial charge on any atom is -0.379 e. The van der Waals surface area contributed by atoms with Crippen molar-refractivity contribution in [1.29, 1.82) is 0 Å². The molecule has 41 heavy (non-hydrogen) atoms. The molecule has 0 radical (unpaired) electrons. The number of thiol groups is 1. The summed E-state index contributed by atoms with van der Waals surface area (Å²) in [6.07, 6.45) is -5.54. The fourth-order valence-electron chi connectivity index (χ4n) is 5.93. The number of nitrogens with zero attached hydrogens (tertiary/aromatic N) is 3. The van der Waals surface area contributed by atoms with E-state index >= 15 is 4.39 Å². The number of benzene rings is 2. The second-order valence-corrected chi connectivity index (χ2v) is 15.0. The van der Waals surface area contributed by atoms with Gasteiger partial charge in [0.25, 0.3) is 0 Å². The van der Waals surface area contributed by atoms with Gasteiger partial charge in [0.15, 0.2) is 9.84 Å². The number of fused-ring (bicyclic) bond motifs is 1. The van der Waals surface area contributed by atoms with Crippen LogP contribution in [0.3, 0.4) is 0 Å². The highest BCUT2D eigenvalue weighted by molar-refractivity contribution is 8.17. The molecule has 1 unspecified atom stereocenters. The van der Waals surface area contributed by atoms with Crippen LogP contribution in [0, 0.1) is 11.6 Å². The number of anilines is 1. The summed E-state index contributed by atoms with van der Waals surface area (Å²) in [6.45, 7) is 0.451. The molecule has 6 rings (SSSR count). The van der Waals surface area contributed by atoms with E-state index in [4.69, 9.17) is 16.3 Å². The number of hydrogen-bond donors (Lipinski definition) is 2. The molecular weight excluding hydrogens is 615 g/mol. The molecule has 0 amide bonds. The molecule has 2 saturated heterocycles. The molecule has 222 valence electrons. The van der Waals surface area contributed by atoms with Gasteiger partial charge in [-0.05, 0) is 18.2 Å². The summed E-state index contributed by atoms with van der Waals surface area (Å²) < 4.78 is 104. The minimum atomic E-state index is -4.82. The lowest BCUT2D eigenvalue weighted by atomic mass is 10.0. The van der Waals surface area contributed by atoms with Crippen LogP contribution in [0.2, 0.25) is 5.02 Å². The van der Waals surface area contributed by atoms with Crippen molar-refractivity contribution in [3.05, 3.63) is 57.0 Å². The van der Waals surface area contributed by atoms with Crippen molar-refractivity contribution in [3.8, 4) is 0 Å². The first-order valence-corrected chi connectivity index (χ1v) is 16.3. The van der Waals surface area contributed by atoms with Crippen LogP contribution in [0.25, 0.3) is 10.9 Å². The quantitative estimate of drug-likeness (QED) is 0.258. The Balaban J connectivity index is 1.67. The monoisotopic (exact) mass is 638 g/mol. The molecule has 0 bridgehead atoms. The number of rotatable bonds is 3. The van der Waals surface area contributed by atoms with Gasteiger partial charge in [0.2, 0.25) is 0 Å². The second kappa shape index (κ2) is 10.1. The van der Waals surface area contributed by atoms with Gasteiger partial charge in [-0.1, -0.05) is 11.6 Å². The topological polar surface area (TPSA) is 93.5 Å². The van der Waals surface area contributed by atoms with Gasteiger partial charge < -0.3 is 15.0 Å². The summed E-state index contributed by atoms with van der Waals surface area (Å²) in [5.41, 5.74) is -1.69. The van der Waals surface area contributed by atoms with Crippen molar-refractivity contribution in [3.63, 3.8) is 0 Å².